The lowest BCUT2D eigenvalue weighted by atomic mass is 9.97. The number of amides is 1. The lowest BCUT2D eigenvalue weighted by Gasteiger charge is -2.21. The molecule has 0 atom stereocenters. The van der Waals surface area contributed by atoms with Crippen molar-refractivity contribution >= 4 is 11.6 Å². The molecule has 0 aliphatic carbocycles. The van der Waals surface area contributed by atoms with Crippen molar-refractivity contribution in [3.05, 3.63) is 30.1 Å². The van der Waals surface area contributed by atoms with E-state index in [9.17, 15) is 9.18 Å². The standard InChI is InChI=1S/C12H15FN2O/c13-10-1-3-11(4-2-10)15-12(16)9-5-7-14-8-6-9/h1-4,9,14H,5-8H2,(H,15,16). The molecule has 0 spiro atoms. The van der Waals surface area contributed by atoms with Crippen molar-refractivity contribution in [2.75, 3.05) is 18.4 Å². The molecule has 0 unspecified atom stereocenters. The van der Waals surface area contributed by atoms with Gasteiger partial charge in [0, 0.05) is 11.6 Å². The van der Waals surface area contributed by atoms with Crippen LogP contribution in [0.2, 0.25) is 0 Å². The van der Waals surface area contributed by atoms with Crippen LogP contribution in [-0.2, 0) is 4.79 Å². The third-order valence-corrected chi connectivity index (χ3v) is 2.82. The molecule has 1 aliphatic rings. The molecule has 86 valence electrons. The Morgan fingerprint density at radius 3 is 2.50 bits per heavy atom. The summed E-state index contributed by atoms with van der Waals surface area (Å²) in [6, 6.07) is 5.85. The molecule has 1 aliphatic heterocycles. The Morgan fingerprint density at radius 1 is 1.25 bits per heavy atom. The normalized spacial score (nSPS) is 17.1. The van der Waals surface area contributed by atoms with Crippen LogP contribution in [0.3, 0.4) is 0 Å². The van der Waals surface area contributed by atoms with Crippen LogP contribution in [0.4, 0.5) is 10.1 Å². The fraction of sp³-hybridized carbons (Fsp3) is 0.417. The highest BCUT2D eigenvalue weighted by Crippen LogP contribution is 2.15. The maximum absolute atomic E-state index is 12.7. The van der Waals surface area contributed by atoms with Gasteiger partial charge >= 0.3 is 0 Å². The van der Waals surface area contributed by atoms with Crippen molar-refractivity contribution < 1.29 is 9.18 Å². The van der Waals surface area contributed by atoms with Crippen LogP contribution in [0, 0.1) is 11.7 Å². The van der Waals surface area contributed by atoms with Gasteiger partial charge in [-0.05, 0) is 50.2 Å². The van der Waals surface area contributed by atoms with E-state index >= 15 is 0 Å². The van der Waals surface area contributed by atoms with Crippen LogP contribution in [-0.4, -0.2) is 19.0 Å². The Kier molecular flexibility index (Phi) is 3.51. The van der Waals surface area contributed by atoms with E-state index in [1.54, 1.807) is 12.1 Å². The van der Waals surface area contributed by atoms with Gasteiger partial charge in [-0.2, -0.15) is 0 Å². The van der Waals surface area contributed by atoms with Crippen LogP contribution in [0.15, 0.2) is 24.3 Å². The van der Waals surface area contributed by atoms with Crippen LogP contribution >= 0.6 is 0 Å². The lowest BCUT2D eigenvalue weighted by molar-refractivity contribution is -0.120. The fourth-order valence-corrected chi connectivity index (χ4v) is 1.86. The van der Waals surface area contributed by atoms with Gasteiger partial charge in [0.05, 0.1) is 0 Å². The average molecular weight is 222 g/mol. The number of hydrogen-bond donors (Lipinski definition) is 2. The van der Waals surface area contributed by atoms with E-state index in [2.05, 4.69) is 10.6 Å². The topological polar surface area (TPSA) is 41.1 Å². The second-order valence-corrected chi connectivity index (χ2v) is 4.02. The van der Waals surface area contributed by atoms with Crippen LogP contribution < -0.4 is 10.6 Å². The third-order valence-electron chi connectivity index (χ3n) is 2.82. The van der Waals surface area contributed by atoms with E-state index in [-0.39, 0.29) is 17.6 Å². The van der Waals surface area contributed by atoms with Crippen molar-refractivity contribution in [2.45, 2.75) is 12.8 Å². The second kappa shape index (κ2) is 5.07. The van der Waals surface area contributed by atoms with Crippen LogP contribution in [0.5, 0.6) is 0 Å². The van der Waals surface area contributed by atoms with Gasteiger partial charge in [-0.15, -0.1) is 0 Å². The number of benzene rings is 1. The Bertz CT molecular complexity index is 358. The SMILES string of the molecule is O=C(Nc1ccc(F)cc1)C1CCNCC1. The molecule has 2 rings (SSSR count). The number of halogens is 1. The van der Waals surface area contributed by atoms with Crippen molar-refractivity contribution in [2.24, 2.45) is 5.92 Å². The largest absolute Gasteiger partial charge is 0.326 e. The van der Waals surface area contributed by atoms with Gasteiger partial charge in [-0.3, -0.25) is 4.79 Å². The van der Waals surface area contributed by atoms with Crippen molar-refractivity contribution in [3.8, 4) is 0 Å². The molecule has 16 heavy (non-hydrogen) atoms. The zero-order chi connectivity index (χ0) is 11.4. The molecule has 1 aromatic carbocycles. The molecule has 0 bridgehead atoms. The second-order valence-electron chi connectivity index (χ2n) is 4.02. The zero-order valence-electron chi connectivity index (χ0n) is 9.00. The van der Waals surface area contributed by atoms with E-state index in [0.29, 0.717) is 5.69 Å². The molecular weight excluding hydrogens is 207 g/mol. The number of carbonyl (C=O) groups excluding carboxylic acids is 1. The number of nitrogens with one attached hydrogen (secondary N) is 2. The summed E-state index contributed by atoms with van der Waals surface area (Å²) >= 11 is 0. The number of hydrogen-bond acceptors (Lipinski definition) is 2. The Labute approximate surface area is 94.0 Å². The summed E-state index contributed by atoms with van der Waals surface area (Å²) in [5, 5.41) is 6.02. The summed E-state index contributed by atoms with van der Waals surface area (Å²) in [6.45, 7) is 1.78. The number of carbonyl (C=O) groups is 1. The first-order valence-corrected chi connectivity index (χ1v) is 5.53. The summed E-state index contributed by atoms with van der Waals surface area (Å²) < 4.78 is 12.7. The van der Waals surface area contributed by atoms with Gasteiger partial charge in [-0.25, -0.2) is 4.39 Å². The summed E-state index contributed by atoms with van der Waals surface area (Å²) in [4.78, 5) is 11.8. The van der Waals surface area contributed by atoms with Crippen LogP contribution in [0.25, 0.3) is 0 Å². The highest BCUT2D eigenvalue weighted by molar-refractivity contribution is 5.92. The van der Waals surface area contributed by atoms with Crippen molar-refractivity contribution in [3.63, 3.8) is 0 Å². The monoisotopic (exact) mass is 222 g/mol. The number of anilines is 1. The molecule has 1 amide bonds. The first-order valence-electron chi connectivity index (χ1n) is 5.53. The summed E-state index contributed by atoms with van der Waals surface area (Å²) in [5.41, 5.74) is 0.657. The first-order chi connectivity index (χ1) is 7.75. The Balaban J connectivity index is 1.93. The maximum Gasteiger partial charge on any atom is 0.227 e. The molecule has 1 fully saturated rings. The van der Waals surface area contributed by atoms with E-state index in [0.717, 1.165) is 25.9 Å². The molecule has 4 heteroatoms. The van der Waals surface area contributed by atoms with E-state index in [1.165, 1.54) is 12.1 Å². The quantitative estimate of drug-likeness (QED) is 0.800. The Hall–Kier alpha value is -1.42. The highest BCUT2D eigenvalue weighted by atomic mass is 19.1. The Morgan fingerprint density at radius 2 is 1.88 bits per heavy atom. The molecule has 2 N–H and O–H groups in total. The minimum atomic E-state index is -0.292. The van der Waals surface area contributed by atoms with Gasteiger partial charge < -0.3 is 10.6 Å². The predicted molar refractivity (Wildman–Crippen MR) is 60.6 cm³/mol. The molecule has 0 saturated carbocycles. The number of piperidine rings is 1. The minimum absolute atomic E-state index is 0.0353. The van der Waals surface area contributed by atoms with E-state index < -0.39 is 0 Å². The summed E-state index contributed by atoms with van der Waals surface area (Å²) in [5.74, 6) is -0.181. The minimum Gasteiger partial charge on any atom is -0.326 e. The van der Waals surface area contributed by atoms with Gasteiger partial charge in [0.1, 0.15) is 5.82 Å². The average Bonchev–Trinajstić information content (AvgIpc) is 2.33. The van der Waals surface area contributed by atoms with Crippen molar-refractivity contribution in [1.82, 2.24) is 5.32 Å². The molecule has 0 radical (unpaired) electrons. The maximum atomic E-state index is 12.7. The first kappa shape index (κ1) is 11.1. The highest BCUT2D eigenvalue weighted by Gasteiger charge is 2.20. The third kappa shape index (κ3) is 2.79. The molecular formula is C12H15FN2O. The van der Waals surface area contributed by atoms with Gasteiger partial charge in [0.25, 0.3) is 0 Å². The zero-order valence-corrected chi connectivity index (χ0v) is 9.00. The smallest absolute Gasteiger partial charge is 0.227 e. The predicted octanol–water partition coefficient (Wildman–Crippen LogP) is 1.76. The lowest BCUT2D eigenvalue weighted by Crippen LogP contribution is -2.34. The fourth-order valence-electron chi connectivity index (χ4n) is 1.86. The summed E-state index contributed by atoms with van der Waals surface area (Å²) in [6.07, 6.45) is 1.74. The number of rotatable bonds is 2. The van der Waals surface area contributed by atoms with Crippen molar-refractivity contribution in [1.29, 1.82) is 0 Å². The molecule has 3 nitrogen and oxygen atoms in total. The molecule has 0 aromatic heterocycles. The molecule has 1 heterocycles. The van der Waals surface area contributed by atoms with E-state index in [1.807, 2.05) is 0 Å². The van der Waals surface area contributed by atoms with Gasteiger partial charge in [-0.1, -0.05) is 0 Å². The van der Waals surface area contributed by atoms with E-state index in [4.69, 9.17) is 0 Å². The molecule has 1 aromatic rings. The summed E-state index contributed by atoms with van der Waals surface area (Å²) in [7, 11) is 0. The van der Waals surface area contributed by atoms with Gasteiger partial charge in [0.15, 0.2) is 0 Å². The van der Waals surface area contributed by atoms with Gasteiger partial charge in [0.2, 0.25) is 5.91 Å². The molecule has 1 saturated heterocycles. The van der Waals surface area contributed by atoms with Crippen LogP contribution in [0.1, 0.15) is 12.8 Å².